The zero-order valence-corrected chi connectivity index (χ0v) is 22.3. The van der Waals surface area contributed by atoms with Gasteiger partial charge >= 0.3 is 6.18 Å². The van der Waals surface area contributed by atoms with Crippen LogP contribution in [0.3, 0.4) is 0 Å². The van der Waals surface area contributed by atoms with Gasteiger partial charge in [0.05, 0.1) is 54.0 Å². The van der Waals surface area contributed by atoms with Gasteiger partial charge in [0.2, 0.25) is 11.9 Å². The molecule has 1 unspecified atom stereocenters. The van der Waals surface area contributed by atoms with Crippen molar-refractivity contribution in [3.05, 3.63) is 29.8 Å². The van der Waals surface area contributed by atoms with Gasteiger partial charge < -0.3 is 20.9 Å². The maximum atomic E-state index is 15.4. The number of carbonyl (C=O) groups is 1. The molecule has 1 saturated heterocycles. The number of carbonyl (C=O) groups excluding carboxylic acids is 1. The molecule has 3 N–H and O–H groups in total. The molecule has 1 fully saturated rings. The third-order valence-corrected chi connectivity index (χ3v) is 7.12. The van der Waals surface area contributed by atoms with Crippen LogP contribution in [0.15, 0.2) is 23.3 Å². The molecule has 0 aliphatic carbocycles. The summed E-state index contributed by atoms with van der Waals surface area (Å²) in [4.78, 5) is 25.8. The van der Waals surface area contributed by atoms with Gasteiger partial charge in [-0.3, -0.25) is 14.8 Å². The summed E-state index contributed by atoms with van der Waals surface area (Å²) >= 11 is 0. The average Bonchev–Trinajstić information content (AvgIpc) is 3.22. The Morgan fingerprint density at radius 1 is 1.22 bits per heavy atom. The van der Waals surface area contributed by atoms with Gasteiger partial charge in [0.1, 0.15) is 5.52 Å². The van der Waals surface area contributed by atoms with E-state index in [1.807, 2.05) is 0 Å². The molecular formula is C25H27F6N9O. The molecule has 0 saturated carbocycles. The van der Waals surface area contributed by atoms with E-state index in [4.69, 9.17) is 0 Å². The monoisotopic (exact) mass is 583 g/mol. The van der Waals surface area contributed by atoms with E-state index < -0.39 is 49.0 Å². The molecule has 0 spiro atoms. The Bertz CT molecular complexity index is 1520. The number of aromatic nitrogens is 4. The fraction of sp³-hybridized carbons (Fsp3) is 0.480. The van der Waals surface area contributed by atoms with Gasteiger partial charge in [-0.1, -0.05) is 0 Å². The summed E-state index contributed by atoms with van der Waals surface area (Å²) in [6, 6.07) is 1.08. The maximum absolute atomic E-state index is 15.4. The Labute approximate surface area is 230 Å². The number of hydrogen-bond donors (Lipinski definition) is 3. The topological polar surface area (TPSA) is 112 Å². The lowest BCUT2D eigenvalue weighted by Crippen LogP contribution is -2.55. The predicted molar refractivity (Wildman–Crippen MR) is 139 cm³/mol. The Kier molecular flexibility index (Phi) is 7.29. The summed E-state index contributed by atoms with van der Waals surface area (Å²) in [6.45, 7) is 1.04. The first-order chi connectivity index (χ1) is 19.3. The SMILES string of the molecule is CNc1nc(N[C@@H]2CCN(C(C)=O)CC2(F)F)nn2cc(F)c(-c3ccc4c(n3)CC(NCC(F)(F)F)C(C)=N4)c12. The standard InChI is InChI=1S/C25H27F6N9O/c1-12-17(33-10-25(29,30)31)8-18-15(34-12)4-5-16(35-18)20-14(26)9-40-21(20)22(32-3)37-23(38-40)36-19-6-7-39(13(2)41)11-24(19,27)28/h4-5,9,17,19,33H,6-8,10-11H2,1-3H3,(H2,32,36,37,38)/t17?,19-/m1/s1. The van der Waals surface area contributed by atoms with Crippen LogP contribution in [-0.2, 0) is 11.2 Å². The van der Waals surface area contributed by atoms with E-state index in [9.17, 15) is 26.7 Å². The second-order valence-corrected chi connectivity index (χ2v) is 10.0. The first-order valence-corrected chi connectivity index (χ1v) is 12.8. The highest BCUT2D eigenvalue weighted by Crippen LogP contribution is 2.36. The number of alkyl halides is 5. The number of nitrogens with zero attached hydrogens (tertiary/aromatic N) is 6. The van der Waals surface area contributed by atoms with Crippen LogP contribution in [-0.4, -0.2) is 87.0 Å². The number of hydrogen-bond acceptors (Lipinski definition) is 8. The summed E-state index contributed by atoms with van der Waals surface area (Å²) < 4.78 is 84.3. The van der Waals surface area contributed by atoms with Crippen LogP contribution in [0.25, 0.3) is 16.8 Å². The first-order valence-electron chi connectivity index (χ1n) is 12.8. The van der Waals surface area contributed by atoms with Crippen molar-refractivity contribution in [3.63, 3.8) is 0 Å². The second kappa shape index (κ2) is 10.5. The van der Waals surface area contributed by atoms with Crippen LogP contribution in [0.5, 0.6) is 0 Å². The fourth-order valence-corrected chi connectivity index (χ4v) is 5.03. The number of amides is 1. The van der Waals surface area contributed by atoms with Crippen molar-refractivity contribution in [2.45, 2.75) is 50.9 Å². The maximum Gasteiger partial charge on any atom is 0.401 e. The summed E-state index contributed by atoms with van der Waals surface area (Å²) in [5.41, 5.74) is 1.71. The van der Waals surface area contributed by atoms with Crippen molar-refractivity contribution < 1.29 is 31.1 Å². The molecule has 2 atom stereocenters. The predicted octanol–water partition coefficient (Wildman–Crippen LogP) is 3.81. The van der Waals surface area contributed by atoms with Crippen LogP contribution < -0.4 is 16.0 Å². The Balaban J connectivity index is 1.45. The van der Waals surface area contributed by atoms with Crippen LogP contribution >= 0.6 is 0 Å². The van der Waals surface area contributed by atoms with E-state index in [1.165, 1.54) is 20.0 Å². The van der Waals surface area contributed by atoms with Crippen molar-refractivity contribution in [2.75, 3.05) is 37.3 Å². The van der Waals surface area contributed by atoms with Crippen LogP contribution in [0.4, 0.5) is 43.8 Å². The lowest BCUT2D eigenvalue weighted by Gasteiger charge is -2.38. The van der Waals surface area contributed by atoms with Gasteiger partial charge in [0, 0.05) is 32.6 Å². The largest absolute Gasteiger partial charge is 0.401 e. The van der Waals surface area contributed by atoms with E-state index >= 15 is 4.39 Å². The highest BCUT2D eigenvalue weighted by Gasteiger charge is 2.46. The van der Waals surface area contributed by atoms with Gasteiger partial charge in [-0.05, 0) is 25.5 Å². The van der Waals surface area contributed by atoms with E-state index in [2.05, 4.69) is 36.0 Å². The van der Waals surface area contributed by atoms with Gasteiger partial charge in [0.15, 0.2) is 11.6 Å². The lowest BCUT2D eigenvalue weighted by molar-refractivity contribution is -0.140. The minimum atomic E-state index is -4.40. The van der Waals surface area contributed by atoms with Crippen LogP contribution in [0.2, 0.25) is 0 Å². The number of anilines is 2. The number of halogens is 6. The molecule has 3 aromatic rings. The van der Waals surface area contributed by atoms with E-state index in [0.717, 1.165) is 15.6 Å². The quantitative estimate of drug-likeness (QED) is 0.379. The number of piperidine rings is 1. The minimum Gasteiger partial charge on any atom is -0.371 e. The fourth-order valence-electron chi connectivity index (χ4n) is 5.03. The van der Waals surface area contributed by atoms with Gasteiger partial charge in [-0.25, -0.2) is 17.7 Å². The molecule has 41 heavy (non-hydrogen) atoms. The normalized spacial score (nSPS) is 20.5. The average molecular weight is 584 g/mol. The van der Waals surface area contributed by atoms with Crippen molar-refractivity contribution >= 4 is 34.6 Å². The van der Waals surface area contributed by atoms with Gasteiger partial charge in [0.25, 0.3) is 5.92 Å². The zero-order valence-electron chi connectivity index (χ0n) is 22.3. The number of likely N-dealkylation sites (tertiary alicyclic amines) is 1. The zero-order chi connectivity index (χ0) is 29.7. The van der Waals surface area contributed by atoms with Crippen molar-refractivity contribution in [3.8, 4) is 11.3 Å². The lowest BCUT2D eigenvalue weighted by atomic mass is 10.0. The molecule has 2 aliphatic heterocycles. The molecule has 16 heteroatoms. The number of pyridine rings is 1. The molecule has 220 valence electrons. The Morgan fingerprint density at radius 2 is 1.98 bits per heavy atom. The molecule has 0 bridgehead atoms. The number of rotatable bonds is 6. The molecule has 5 heterocycles. The third kappa shape index (κ3) is 5.78. The second-order valence-electron chi connectivity index (χ2n) is 10.0. The molecular weight excluding hydrogens is 556 g/mol. The van der Waals surface area contributed by atoms with E-state index in [0.29, 0.717) is 17.1 Å². The Morgan fingerprint density at radius 3 is 2.63 bits per heavy atom. The van der Waals surface area contributed by atoms with Gasteiger partial charge in [-0.2, -0.15) is 18.2 Å². The van der Waals surface area contributed by atoms with E-state index in [-0.39, 0.29) is 47.9 Å². The molecule has 3 aromatic heterocycles. The molecule has 1 amide bonds. The van der Waals surface area contributed by atoms with Crippen molar-refractivity contribution in [1.82, 2.24) is 29.8 Å². The highest BCUT2D eigenvalue weighted by atomic mass is 19.4. The molecule has 5 rings (SSSR count). The number of aliphatic imine (C=N–C) groups is 1. The van der Waals surface area contributed by atoms with Crippen molar-refractivity contribution in [2.24, 2.45) is 4.99 Å². The summed E-state index contributed by atoms with van der Waals surface area (Å²) in [6.07, 6.45) is -3.27. The minimum absolute atomic E-state index is 0.0230. The van der Waals surface area contributed by atoms with Gasteiger partial charge in [-0.15, -0.1) is 5.10 Å². The third-order valence-electron chi connectivity index (χ3n) is 7.12. The summed E-state index contributed by atoms with van der Waals surface area (Å²) in [7, 11) is 1.52. The smallest absolute Gasteiger partial charge is 0.371 e. The van der Waals surface area contributed by atoms with Crippen LogP contribution in [0, 0.1) is 5.82 Å². The molecule has 0 aromatic carbocycles. The molecule has 0 radical (unpaired) electrons. The highest BCUT2D eigenvalue weighted by molar-refractivity contribution is 5.92. The van der Waals surface area contributed by atoms with Crippen molar-refractivity contribution in [1.29, 1.82) is 0 Å². The molecule has 2 aliphatic rings. The van der Waals surface area contributed by atoms with E-state index in [1.54, 1.807) is 13.0 Å². The summed E-state index contributed by atoms with van der Waals surface area (Å²) in [5, 5.41) is 12.1. The summed E-state index contributed by atoms with van der Waals surface area (Å²) in [5.74, 6) is -4.46. The first kappa shape index (κ1) is 28.6. The number of fused-ring (bicyclic) bond motifs is 2. The Hall–Kier alpha value is -3.95. The molecule has 10 nitrogen and oxygen atoms in total. The van der Waals surface area contributed by atoms with Crippen LogP contribution in [0.1, 0.15) is 26.0 Å². The number of nitrogens with one attached hydrogen (secondary N) is 3.